The van der Waals surface area contributed by atoms with Crippen molar-refractivity contribution in [2.24, 2.45) is 5.92 Å². The maximum Gasteiger partial charge on any atom is 0.224 e. The normalized spacial score (nSPS) is 19.6. The predicted octanol–water partition coefficient (Wildman–Crippen LogP) is 3.06. The van der Waals surface area contributed by atoms with Crippen molar-refractivity contribution in [1.82, 2.24) is 0 Å². The number of ether oxygens (including phenoxy) is 1. The molecule has 0 aromatic heterocycles. The van der Waals surface area contributed by atoms with Gasteiger partial charge in [-0.25, -0.2) is 0 Å². The highest BCUT2D eigenvalue weighted by Gasteiger charge is 2.17. The topological polar surface area (TPSA) is 38.3 Å². The second-order valence-corrected chi connectivity index (χ2v) is 5.15. The van der Waals surface area contributed by atoms with Crippen LogP contribution < -0.4 is 5.32 Å². The first-order valence-corrected chi connectivity index (χ1v) is 6.60. The number of carbonyl (C=O) groups excluding carboxylic acids is 1. The van der Waals surface area contributed by atoms with Gasteiger partial charge < -0.3 is 10.1 Å². The first-order chi connectivity index (χ1) is 8.65. The molecule has 0 radical (unpaired) electrons. The third-order valence-corrected chi connectivity index (χ3v) is 3.38. The molecule has 1 fully saturated rings. The molecule has 1 N–H and O–H groups in total. The summed E-state index contributed by atoms with van der Waals surface area (Å²) >= 11 is 0. The number of anilines is 1. The predicted molar refractivity (Wildman–Crippen MR) is 72.7 cm³/mol. The number of hydrogen-bond donors (Lipinski definition) is 1. The number of aryl methyl sites for hydroxylation is 2. The summed E-state index contributed by atoms with van der Waals surface area (Å²) < 4.78 is 5.39. The molecular formula is C15H21NO2. The van der Waals surface area contributed by atoms with Gasteiger partial charge in [-0.05, 0) is 44.2 Å². The monoisotopic (exact) mass is 247 g/mol. The summed E-state index contributed by atoms with van der Waals surface area (Å²) in [5.41, 5.74) is 3.25. The molecule has 1 aromatic carbocycles. The zero-order valence-electron chi connectivity index (χ0n) is 11.2. The molecule has 0 bridgehead atoms. The van der Waals surface area contributed by atoms with Gasteiger partial charge in [-0.3, -0.25) is 4.79 Å². The molecule has 1 amide bonds. The molecule has 3 heteroatoms. The Balaban J connectivity index is 1.90. The van der Waals surface area contributed by atoms with Crippen LogP contribution in [0.2, 0.25) is 0 Å². The second kappa shape index (κ2) is 6.01. The fraction of sp³-hybridized carbons (Fsp3) is 0.533. The van der Waals surface area contributed by atoms with Gasteiger partial charge in [-0.15, -0.1) is 0 Å². The lowest BCUT2D eigenvalue weighted by atomic mass is 9.98. The molecule has 1 unspecified atom stereocenters. The lowest BCUT2D eigenvalue weighted by Gasteiger charge is -2.21. The molecule has 1 atom stereocenters. The molecule has 1 heterocycles. The summed E-state index contributed by atoms with van der Waals surface area (Å²) in [5, 5.41) is 2.99. The summed E-state index contributed by atoms with van der Waals surface area (Å²) in [5.74, 6) is 0.474. The van der Waals surface area contributed by atoms with Crippen LogP contribution in [0.5, 0.6) is 0 Å². The summed E-state index contributed by atoms with van der Waals surface area (Å²) in [6, 6.07) is 6.08. The summed E-state index contributed by atoms with van der Waals surface area (Å²) in [4.78, 5) is 12.0. The lowest BCUT2D eigenvalue weighted by molar-refractivity contribution is -0.118. The molecule has 0 saturated carbocycles. The maximum absolute atomic E-state index is 12.0. The van der Waals surface area contributed by atoms with E-state index < -0.39 is 0 Å². The van der Waals surface area contributed by atoms with Gasteiger partial charge in [0.15, 0.2) is 0 Å². The minimum Gasteiger partial charge on any atom is -0.381 e. The second-order valence-electron chi connectivity index (χ2n) is 5.15. The van der Waals surface area contributed by atoms with E-state index in [0.717, 1.165) is 37.3 Å². The molecule has 0 spiro atoms. The van der Waals surface area contributed by atoms with Crippen molar-refractivity contribution in [3.8, 4) is 0 Å². The minimum absolute atomic E-state index is 0.0949. The first-order valence-electron chi connectivity index (χ1n) is 6.60. The lowest BCUT2D eigenvalue weighted by Crippen LogP contribution is -2.23. The molecule has 3 nitrogen and oxygen atoms in total. The van der Waals surface area contributed by atoms with Crippen LogP contribution in [0.25, 0.3) is 0 Å². The fourth-order valence-corrected chi connectivity index (χ4v) is 2.39. The molecule has 98 valence electrons. The van der Waals surface area contributed by atoms with E-state index in [4.69, 9.17) is 4.74 Å². The summed E-state index contributed by atoms with van der Waals surface area (Å²) in [6.45, 7) is 5.64. The van der Waals surface area contributed by atoms with Crippen molar-refractivity contribution in [2.75, 3.05) is 18.5 Å². The Morgan fingerprint density at radius 1 is 1.44 bits per heavy atom. The van der Waals surface area contributed by atoms with Gasteiger partial charge in [-0.2, -0.15) is 0 Å². The molecule has 2 rings (SSSR count). The van der Waals surface area contributed by atoms with Gasteiger partial charge in [-0.1, -0.05) is 17.7 Å². The van der Waals surface area contributed by atoms with Crippen molar-refractivity contribution in [1.29, 1.82) is 0 Å². The molecule has 1 aromatic rings. The van der Waals surface area contributed by atoms with Crippen LogP contribution in [0.3, 0.4) is 0 Å². The van der Waals surface area contributed by atoms with Crippen LogP contribution >= 0.6 is 0 Å². The quantitative estimate of drug-likeness (QED) is 0.891. The van der Waals surface area contributed by atoms with Crippen LogP contribution in [0.1, 0.15) is 30.4 Å². The van der Waals surface area contributed by atoms with Gasteiger partial charge in [0.05, 0.1) is 0 Å². The van der Waals surface area contributed by atoms with Gasteiger partial charge in [0, 0.05) is 25.3 Å². The van der Waals surface area contributed by atoms with E-state index in [1.54, 1.807) is 0 Å². The van der Waals surface area contributed by atoms with Crippen molar-refractivity contribution in [3.05, 3.63) is 29.3 Å². The average Bonchev–Trinajstić information content (AvgIpc) is 2.34. The Kier molecular flexibility index (Phi) is 4.37. The van der Waals surface area contributed by atoms with E-state index in [0.29, 0.717) is 12.3 Å². The van der Waals surface area contributed by atoms with Crippen molar-refractivity contribution >= 4 is 11.6 Å². The Morgan fingerprint density at radius 3 is 2.94 bits per heavy atom. The maximum atomic E-state index is 12.0. The van der Waals surface area contributed by atoms with Crippen molar-refractivity contribution in [2.45, 2.75) is 33.1 Å². The number of benzene rings is 1. The van der Waals surface area contributed by atoms with Gasteiger partial charge in [0.25, 0.3) is 0 Å². The van der Waals surface area contributed by atoms with Crippen LogP contribution in [-0.4, -0.2) is 19.1 Å². The Bertz CT molecular complexity index is 423. The molecule has 1 aliphatic rings. The van der Waals surface area contributed by atoms with Gasteiger partial charge in [0.1, 0.15) is 0 Å². The number of hydrogen-bond acceptors (Lipinski definition) is 2. The smallest absolute Gasteiger partial charge is 0.224 e. The van der Waals surface area contributed by atoms with E-state index in [1.165, 1.54) is 5.56 Å². The minimum atomic E-state index is 0.0949. The molecule has 1 aliphatic heterocycles. The Morgan fingerprint density at radius 2 is 2.28 bits per heavy atom. The van der Waals surface area contributed by atoms with E-state index in [2.05, 4.69) is 18.3 Å². The third kappa shape index (κ3) is 3.57. The molecule has 0 aliphatic carbocycles. The van der Waals surface area contributed by atoms with E-state index in [9.17, 15) is 4.79 Å². The standard InChI is InChI=1S/C15H21NO2/c1-11-5-6-14(12(2)8-11)16-15(17)9-13-4-3-7-18-10-13/h5-6,8,13H,3-4,7,9-10H2,1-2H3,(H,16,17). The van der Waals surface area contributed by atoms with Crippen molar-refractivity contribution < 1.29 is 9.53 Å². The van der Waals surface area contributed by atoms with Crippen LogP contribution in [0.4, 0.5) is 5.69 Å². The van der Waals surface area contributed by atoms with E-state index >= 15 is 0 Å². The summed E-state index contributed by atoms with van der Waals surface area (Å²) in [7, 11) is 0. The van der Waals surface area contributed by atoms with E-state index in [1.807, 2.05) is 19.1 Å². The Labute approximate surface area is 109 Å². The van der Waals surface area contributed by atoms with Crippen LogP contribution in [0, 0.1) is 19.8 Å². The SMILES string of the molecule is Cc1ccc(NC(=O)CC2CCCOC2)c(C)c1. The zero-order valence-corrected chi connectivity index (χ0v) is 11.2. The Hall–Kier alpha value is -1.35. The number of rotatable bonds is 3. The fourth-order valence-electron chi connectivity index (χ4n) is 2.39. The first kappa shape index (κ1) is 13.1. The van der Waals surface area contributed by atoms with E-state index in [-0.39, 0.29) is 5.91 Å². The van der Waals surface area contributed by atoms with Gasteiger partial charge in [0.2, 0.25) is 5.91 Å². The van der Waals surface area contributed by atoms with Gasteiger partial charge >= 0.3 is 0 Å². The molecule has 18 heavy (non-hydrogen) atoms. The van der Waals surface area contributed by atoms with Crippen molar-refractivity contribution in [3.63, 3.8) is 0 Å². The number of amides is 1. The largest absolute Gasteiger partial charge is 0.381 e. The molecule has 1 saturated heterocycles. The average molecular weight is 247 g/mol. The number of carbonyl (C=O) groups is 1. The highest BCUT2D eigenvalue weighted by Crippen LogP contribution is 2.20. The number of nitrogens with one attached hydrogen (secondary N) is 1. The zero-order chi connectivity index (χ0) is 13.0. The highest BCUT2D eigenvalue weighted by atomic mass is 16.5. The summed E-state index contributed by atoms with van der Waals surface area (Å²) in [6.07, 6.45) is 2.73. The highest BCUT2D eigenvalue weighted by molar-refractivity contribution is 5.91. The third-order valence-electron chi connectivity index (χ3n) is 3.38. The molecular weight excluding hydrogens is 226 g/mol. The van der Waals surface area contributed by atoms with Crippen LogP contribution in [0.15, 0.2) is 18.2 Å². The van der Waals surface area contributed by atoms with Crippen LogP contribution in [-0.2, 0) is 9.53 Å².